The molecule has 0 amide bonds. The number of para-hydroxylation sites is 1. The molecule has 0 fully saturated rings. The molecule has 0 radical (unpaired) electrons. The molecule has 0 spiro atoms. The van der Waals surface area contributed by atoms with Crippen molar-refractivity contribution in [2.24, 2.45) is 0 Å². The average molecular weight is 411 g/mol. The van der Waals surface area contributed by atoms with Crippen molar-refractivity contribution in [2.45, 2.75) is 5.92 Å². The molecule has 6 rings (SSSR count). The summed E-state index contributed by atoms with van der Waals surface area (Å²) in [5.74, 6) is 0.212. The Bertz CT molecular complexity index is 1450. The van der Waals surface area contributed by atoms with Crippen LogP contribution in [0.3, 0.4) is 0 Å². The minimum absolute atomic E-state index is 0.212. The molecular weight excluding hydrogens is 388 g/mol. The first-order chi connectivity index (χ1) is 15.9. The van der Waals surface area contributed by atoms with Crippen molar-refractivity contribution >= 4 is 21.9 Å². The Labute approximate surface area is 187 Å². The van der Waals surface area contributed by atoms with Gasteiger partial charge in [0, 0.05) is 16.7 Å². The smallest absolute Gasteiger partial charge is 0.136 e. The third-order valence-electron chi connectivity index (χ3n) is 6.22. The lowest BCUT2D eigenvalue weighted by Crippen LogP contribution is -2.03. The summed E-state index contributed by atoms with van der Waals surface area (Å²) in [6.07, 6.45) is 0. The van der Waals surface area contributed by atoms with Crippen molar-refractivity contribution in [1.29, 1.82) is 0 Å². The van der Waals surface area contributed by atoms with E-state index in [-0.39, 0.29) is 5.92 Å². The summed E-state index contributed by atoms with van der Waals surface area (Å²) in [6.45, 7) is 0. The van der Waals surface area contributed by atoms with Crippen LogP contribution in [0.2, 0.25) is 0 Å². The summed E-state index contributed by atoms with van der Waals surface area (Å²) in [4.78, 5) is 0. The molecule has 0 saturated carbocycles. The maximum absolute atomic E-state index is 6.09. The quantitative estimate of drug-likeness (QED) is 0.266. The van der Waals surface area contributed by atoms with Crippen molar-refractivity contribution in [1.82, 2.24) is 0 Å². The fourth-order valence-corrected chi connectivity index (χ4v) is 4.64. The van der Waals surface area contributed by atoms with Crippen LogP contribution in [-0.4, -0.2) is 0 Å². The van der Waals surface area contributed by atoms with Crippen LogP contribution in [0.25, 0.3) is 33.1 Å². The van der Waals surface area contributed by atoms with Crippen LogP contribution in [0.1, 0.15) is 22.6 Å². The Balaban J connectivity index is 1.40. The highest BCUT2D eigenvalue weighted by Gasteiger charge is 2.16. The molecule has 0 saturated heterocycles. The normalized spacial score (nSPS) is 11.4. The molecule has 5 aromatic carbocycles. The van der Waals surface area contributed by atoms with E-state index < -0.39 is 0 Å². The molecule has 0 atom stereocenters. The minimum atomic E-state index is 0.212. The Hall–Kier alpha value is -4.10. The van der Waals surface area contributed by atoms with Crippen LogP contribution in [0, 0.1) is 0 Å². The molecule has 0 aliphatic carbocycles. The highest BCUT2D eigenvalue weighted by atomic mass is 16.3. The van der Waals surface area contributed by atoms with Gasteiger partial charge in [-0.1, -0.05) is 109 Å². The molecule has 32 heavy (non-hydrogen) atoms. The van der Waals surface area contributed by atoms with Crippen LogP contribution in [0.15, 0.2) is 132 Å². The summed E-state index contributed by atoms with van der Waals surface area (Å²) >= 11 is 0. The highest BCUT2D eigenvalue weighted by molar-refractivity contribution is 6.05. The molecule has 1 heteroatoms. The van der Waals surface area contributed by atoms with Gasteiger partial charge in [0.15, 0.2) is 0 Å². The van der Waals surface area contributed by atoms with E-state index in [0.717, 1.165) is 21.9 Å². The zero-order chi connectivity index (χ0) is 21.3. The lowest BCUT2D eigenvalue weighted by molar-refractivity contribution is 0.669. The average Bonchev–Trinajstić information content (AvgIpc) is 3.24. The van der Waals surface area contributed by atoms with E-state index in [2.05, 4.69) is 115 Å². The maximum Gasteiger partial charge on any atom is 0.136 e. The first kappa shape index (κ1) is 18.7. The third-order valence-corrected chi connectivity index (χ3v) is 6.22. The minimum Gasteiger partial charge on any atom is -0.456 e. The molecule has 0 unspecified atom stereocenters. The van der Waals surface area contributed by atoms with Crippen LogP contribution >= 0.6 is 0 Å². The number of hydrogen-bond donors (Lipinski definition) is 0. The topological polar surface area (TPSA) is 13.1 Å². The van der Waals surface area contributed by atoms with E-state index in [1.807, 2.05) is 12.1 Å². The zero-order valence-electron chi connectivity index (χ0n) is 17.6. The molecule has 1 heterocycles. The molecule has 0 aliphatic rings. The number of furan rings is 1. The number of rotatable bonds is 4. The largest absolute Gasteiger partial charge is 0.456 e. The van der Waals surface area contributed by atoms with E-state index in [1.54, 1.807) is 0 Å². The SMILES string of the molecule is c1ccc(C(c2ccccc2)c2ccc(-c3ccc4c(c3)oc3ccccc34)cc2)cc1. The van der Waals surface area contributed by atoms with E-state index >= 15 is 0 Å². The van der Waals surface area contributed by atoms with Gasteiger partial charge in [-0.2, -0.15) is 0 Å². The van der Waals surface area contributed by atoms with Gasteiger partial charge < -0.3 is 4.42 Å². The lowest BCUT2D eigenvalue weighted by atomic mass is 9.84. The molecule has 0 aliphatic heterocycles. The molecule has 6 aromatic rings. The maximum atomic E-state index is 6.09. The molecule has 152 valence electrons. The molecular formula is C31H22O. The molecule has 1 nitrogen and oxygen atoms in total. The second-order valence-corrected chi connectivity index (χ2v) is 8.19. The zero-order valence-corrected chi connectivity index (χ0v) is 17.6. The van der Waals surface area contributed by atoms with Crippen LogP contribution in [0.5, 0.6) is 0 Å². The van der Waals surface area contributed by atoms with E-state index in [4.69, 9.17) is 4.42 Å². The van der Waals surface area contributed by atoms with E-state index in [9.17, 15) is 0 Å². The Kier molecular flexibility index (Phi) is 4.58. The van der Waals surface area contributed by atoms with Crippen LogP contribution < -0.4 is 0 Å². The number of hydrogen-bond acceptors (Lipinski definition) is 1. The Morgan fingerprint density at radius 1 is 0.406 bits per heavy atom. The van der Waals surface area contributed by atoms with Gasteiger partial charge in [0.05, 0.1) is 0 Å². The first-order valence-corrected chi connectivity index (χ1v) is 11.0. The summed E-state index contributed by atoms with van der Waals surface area (Å²) in [5.41, 5.74) is 8.11. The summed E-state index contributed by atoms with van der Waals surface area (Å²) in [5, 5.41) is 2.33. The summed E-state index contributed by atoms with van der Waals surface area (Å²) in [7, 11) is 0. The number of benzene rings is 5. The second-order valence-electron chi connectivity index (χ2n) is 8.19. The summed E-state index contributed by atoms with van der Waals surface area (Å²) in [6, 6.07) is 45.1. The van der Waals surface area contributed by atoms with Crippen molar-refractivity contribution in [3.63, 3.8) is 0 Å². The van der Waals surface area contributed by atoms with Crippen LogP contribution in [0.4, 0.5) is 0 Å². The highest BCUT2D eigenvalue weighted by Crippen LogP contribution is 2.35. The molecule has 1 aromatic heterocycles. The Morgan fingerprint density at radius 3 is 1.62 bits per heavy atom. The lowest BCUT2D eigenvalue weighted by Gasteiger charge is -2.19. The first-order valence-electron chi connectivity index (χ1n) is 11.0. The van der Waals surface area contributed by atoms with Crippen molar-refractivity contribution in [3.05, 3.63) is 144 Å². The van der Waals surface area contributed by atoms with Gasteiger partial charge in [0.2, 0.25) is 0 Å². The van der Waals surface area contributed by atoms with Gasteiger partial charge in [-0.3, -0.25) is 0 Å². The standard InChI is InChI=1S/C31H22O/c1-3-9-23(10-4-1)31(24-11-5-2-6-12-24)25-17-15-22(16-18-25)26-19-20-28-27-13-7-8-14-29(27)32-30(28)21-26/h1-21,31H. The monoisotopic (exact) mass is 410 g/mol. The van der Waals surface area contributed by atoms with Gasteiger partial charge in [0.1, 0.15) is 11.2 Å². The fraction of sp³-hybridized carbons (Fsp3) is 0.0323. The number of fused-ring (bicyclic) bond motifs is 3. The fourth-order valence-electron chi connectivity index (χ4n) is 4.64. The predicted molar refractivity (Wildman–Crippen MR) is 133 cm³/mol. The van der Waals surface area contributed by atoms with Gasteiger partial charge >= 0.3 is 0 Å². The van der Waals surface area contributed by atoms with Gasteiger partial charge in [-0.25, -0.2) is 0 Å². The van der Waals surface area contributed by atoms with Crippen molar-refractivity contribution < 1.29 is 4.42 Å². The predicted octanol–water partition coefficient (Wildman–Crippen LogP) is 8.43. The van der Waals surface area contributed by atoms with E-state index in [1.165, 1.54) is 27.8 Å². The van der Waals surface area contributed by atoms with Gasteiger partial charge in [-0.15, -0.1) is 0 Å². The molecule has 0 bridgehead atoms. The third kappa shape index (κ3) is 3.29. The van der Waals surface area contributed by atoms with Crippen LogP contribution in [-0.2, 0) is 0 Å². The van der Waals surface area contributed by atoms with Gasteiger partial charge in [-0.05, 0) is 46.0 Å². The Morgan fingerprint density at radius 2 is 0.938 bits per heavy atom. The van der Waals surface area contributed by atoms with Crippen molar-refractivity contribution in [3.8, 4) is 11.1 Å². The second kappa shape index (κ2) is 7.86. The van der Waals surface area contributed by atoms with Gasteiger partial charge in [0.25, 0.3) is 0 Å². The van der Waals surface area contributed by atoms with E-state index in [0.29, 0.717) is 0 Å². The van der Waals surface area contributed by atoms with Crippen molar-refractivity contribution in [2.75, 3.05) is 0 Å². The summed E-state index contributed by atoms with van der Waals surface area (Å²) < 4.78 is 6.09. The molecule has 0 N–H and O–H groups in total.